The molecule has 3 aromatic heterocycles. The van der Waals surface area contributed by atoms with E-state index in [-0.39, 0.29) is 41.1 Å². The zero-order valence-electron chi connectivity index (χ0n) is 19.4. The van der Waals surface area contributed by atoms with Gasteiger partial charge in [-0.2, -0.15) is 4.98 Å². The number of ether oxygens (including phenoxy) is 1. The maximum absolute atomic E-state index is 15.0. The summed E-state index contributed by atoms with van der Waals surface area (Å²) in [5.74, 6) is -0.0859. The number of likely N-dealkylation sites (tertiary alicyclic amines) is 1. The topological polar surface area (TPSA) is 111 Å². The Morgan fingerprint density at radius 1 is 1.29 bits per heavy atom. The average Bonchev–Trinajstić information content (AvgIpc) is 3.47. The molecule has 11 heteroatoms. The summed E-state index contributed by atoms with van der Waals surface area (Å²) in [6.07, 6.45) is 2.74. The second kappa shape index (κ2) is 8.57. The smallest absolute Gasteiger partial charge is 0.277 e. The highest BCUT2D eigenvalue weighted by molar-refractivity contribution is 5.84. The fourth-order valence-electron chi connectivity index (χ4n) is 4.43. The molecule has 5 rings (SSSR count). The number of nitrogens with zero attached hydrogens (tertiary/aromatic N) is 6. The third-order valence-electron chi connectivity index (χ3n) is 6.49. The van der Waals surface area contributed by atoms with Crippen LogP contribution < -0.4 is 5.56 Å². The minimum Gasteiger partial charge on any atom is -0.392 e. The Labute approximate surface area is 194 Å². The number of hydrogen-bond acceptors (Lipinski definition) is 8. The molecule has 34 heavy (non-hydrogen) atoms. The molecule has 1 aliphatic heterocycles. The molecule has 4 aromatic rings. The monoisotopic (exact) mass is 470 g/mol. The van der Waals surface area contributed by atoms with Crippen molar-refractivity contribution in [2.45, 2.75) is 44.9 Å². The number of hydrogen-bond donors (Lipinski definition) is 1. The van der Waals surface area contributed by atoms with E-state index in [1.54, 1.807) is 30.4 Å². The third kappa shape index (κ3) is 3.79. The van der Waals surface area contributed by atoms with Crippen molar-refractivity contribution in [3.8, 4) is 11.5 Å². The molecule has 1 fully saturated rings. The summed E-state index contributed by atoms with van der Waals surface area (Å²) < 4.78 is 28.8. The second-order valence-corrected chi connectivity index (χ2v) is 9.11. The molecule has 180 valence electrons. The Kier molecular flexibility index (Phi) is 5.70. The number of fused-ring (bicyclic) bond motifs is 3. The SMILES string of the molecule is COC(C)(C)c1nc(-c2ncn3c2c(=O)n(CCN2CCCC(O)C2)c2c(F)cccc23)no1. The molecule has 10 nitrogen and oxygen atoms in total. The van der Waals surface area contributed by atoms with E-state index in [1.165, 1.54) is 24.1 Å². The molecule has 0 amide bonds. The van der Waals surface area contributed by atoms with E-state index in [0.717, 1.165) is 19.4 Å². The Balaban J connectivity index is 1.64. The van der Waals surface area contributed by atoms with Gasteiger partial charge in [0.15, 0.2) is 0 Å². The van der Waals surface area contributed by atoms with Crippen molar-refractivity contribution < 1.29 is 18.8 Å². The minimum absolute atomic E-state index is 0.154. The quantitative estimate of drug-likeness (QED) is 0.457. The number of methoxy groups -OCH3 is 1. The van der Waals surface area contributed by atoms with Gasteiger partial charge in [0.1, 0.15) is 34.5 Å². The molecule has 4 heterocycles. The lowest BCUT2D eigenvalue weighted by atomic mass is 10.1. The summed E-state index contributed by atoms with van der Waals surface area (Å²) in [5, 5.41) is 14.0. The Morgan fingerprint density at radius 2 is 2.12 bits per heavy atom. The van der Waals surface area contributed by atoms with Gasteiger partial charge in [0.25, 0.3) is 11.4 Å². The first-order chi connectivity index (χ1) is 16.3. The summed E-state index contributed by atoms with van der Waals surface area (Å²) in [6.45, 7) is 5.71. The van der Waals surface area contributed by atoms with Crippen molar-refractivity contribution in [1.82, 2.24) is 29.0 Å². The van der Waals surface area contributed by atoms with Gasteiger partial charge in [-0.1, -0.05) is 11.2 Å². The number of aliphatic hydroxyl groups excluding tert-OH is 1. The van der Waals surface area contributed by atoms with E-state index in [4.69, 9.17) is 9.26 Å². The fourth-order valence-corrected chi connectivity index (χ4v) is 4.43. The first kappa shape index (κ1) is 22.6. The number of benzene rings is 1. The van der Waals surface area contributed by atoms with E-state index in [9.17, 15) is 14.3 Å². The van der Waals surface area contributed by atoms with Crippen LogP contribution in [0.15, 0.2) is 33.8 Å². The van der Waals surface area contributed by atoms with Crippen molar-refractivity contribution in [3.63, 3.8) is 0 Å². The Morgan fingerprint density at radius 3 is 2.88 bits per heavy atom. The molecular formula is C23H27FN6O4. The highest BCUT2D eigenvalue weighted by atomic mass is 19.1. The van der Waals surface area contributed by atoms with Crippen LogP contribution in [0.25, 0.3) is 28.1 Å². The lowest BCUT2D eigenvalue weighted by Crippen LogP contribution is -2.41. The van der Waals surface area contributed by atoms with Gasteiger partial charge in [-0.15, -0.1) is 0 Å². The molecule has 0 aliphatic carbocycles. The molecule has 1 aliphatic rings. The van der Waals surface area contributed by atoms with Crippen LogP contribution in [-0.2, 0) is 16.9 Å². The van der Waals surface area contributed by atoms with Crippen LogP contribution in [0.2, 0.25) is 0 Å². The summed E-state index contributed by atoms with van der Waals surface area (Å²) in [6, 6.07) is 4.68. The predicted molar refractivity (Wildman–Crippen MR) is 122 cm³/mol. The van der Waals surface area contributed by atoms with Gasteiger partial charge in [-0.25, -0.2) is 9.37 Å². The maximum atomic E-state index is 15.0. The van der Waals surface area contributed by atoms with Crippen LogP contribution >= 0.6 is 0 Å². The van der Waals surface area contributed by atoms with Crippen LogP contribution in [0, 0.1) is 5.82 Å². The van der Waals surface area contributed by atoms with Gasteiger partial charge in [0.05, 0.1) is 11.6 Å². The van der Waals surface area contributed by atoms with Gasteiger partial charge < -0.3 is 18.9 Å². The van der Waals surface area contributed by atoms with Gasteiger partial charge in [-0.3, -0.25) is 14.1 Å². The second-order valence-electron chi connectivity index (χ2n) is 9.11. The van der Waals surface area contributed by atoms with Gasteiger partial charge in [0.2, 0.25) is 5.82 Å². The van der Waals surface area contributed by atoms with E-state index in [2.05, 4.69) is 20.0 Å². The van der Waals surface area contributed by atoms with Crippen molar-refractivity contribution >= 4 is 16.6 Å². The number of rotatable bonds is 6. The minimum atomic E-state index is -0.810. The number of imidazole rings is 1. The molecular weight excluding hydrogens is 443 g/mol. The lowest BCUT2D eigenvalue weighted by molar-refractivity contribution is -0.00786. The maximum Gasteiger partial charge on any atom is 0.277 e. The zero-order valence-corrected chi connectivity index (χ0v) is 19.4. The van der Waals surface area contributed by atoms with E-state index >= 15 is 0 Å². The summed E-state index contributed by atoms with van der Waals surface area (Å²) in [4.78, 5) is 24.6. The van der Waals surface area contributed by atoms with Crippen molar-refractivity contribution in [2.75, 3.05) is 26.7 Å². The van der Waals surface area contributed by atoms with Crippen molar-refractivity contribution in [2.24, 2.45) is 0 Å². The van der Waals surface area contributed by atoms with Crippen LogP contribution in [-0.4, -0.2) is 66.9 Å². The molecule has 1 aromatic carbocycles. The standard InChI is InChI=1S/C23H27FN6O4/c1-23(2,33-3)22-26-20(27-34-22)17-19-21(32)29(11-10-28-9-5-6-14(31)12-28)18-15(24)7-4-8-16(18)30(19)13-25-17/h4,7-8,13-14,31H,5-6,9-12H2,1-3H3. The summed E-state index contributed by atoms with van der Waals surface area (Å²) in [7, 11) is 1.54. The Hall–Kier alpha value is -3.15. The number of aromatic nitrogens is 5. The van der Waals surface area contributed by atoms with E-state index in [0.29, 0.717) is 18.6 Å². The Bertz CT molecular complexity index is 1410. The molecule has 1 atom stereocenters. The number of halogens is 1. The molecule has 0 saturated carbocycles. The highest BCUT2D eigenvalue weighted by Crippen LogP contribution is 2.27. The first-order valence-corrected chi connectivity index (χ1v) is 11.3. The number of β-amino-alcohol motifs (C(OH)–C–C–N with tert-alkyl or cyclic N) is 1. The zero-order chi connectivity index (χ0) is 24.0. The largest absolute Gasteiger partial charge is 0.392 e. The molecule has 1 saturated heterocycles. The van der Waals surface area contributed by atoms with Crippen LogP contribution in [0.4, 0.5) is 4.39 Å². The van der Waals surface area contributed by atoms with E-state index in [1.807, 2.05) is 0 Å². The molecule has 0 bridgehead atoms. The van der Waals surface area contributed by atoms with Gasteiger partial charge >= 0.3 is 0 Å². The molecule has 0 radical (unpaired) electrons. The van der Waals surface area contributed by atoms with Gasteiger partial charge in [-0.05, 0) is 45.4 Å². The third-order valence-corrected chi connectivity index (χ3v) is 6.49. The normalized spacial score (nSPS) is 17.7. The number of piperidine rings is 1. The first-order valence-electron chi connectivity index (χ1n) is 11.3. The number of aliphatic hydroxyl groups is 1. The fraction of sp³-hybridized carbons (Fsp3) is 0.478. The van der Waals surface area contributed by atoms with Crippen molar-refractivity contribution in [3.05, 3.63) is 46.6 Å². The lowest BCUT2D eigenvalue weighted by Gasteiger charge is -2.30. The van der Waals surface area contributed by atoms with Crippen LogP contribution in [0.5, 0.6) is 0 Å². The van der Waals surface area contributed by atoms with Crippen molar-refractivity contribution in [1.29, 1.82) is 0 Å². The molecule has 0 spiro atoms. The predicted octanol–water partition coefficient (Wildman–Crippen LogP) is 2.18. The number of para-hydroxylation sites is 1. The van der Waals surface area contributed by atoms with Crippen LogP contribution in [0.1, 0.15) is 32.6 Å². The average molecular weight is 471 g/mol. The van der Waals surface area contributed by atoms with Crippen LogP contribution in [0.3, 0.4) is 0 Å². The summed E-state index contributed by atoms with van der Waals surface area (Å²) >= 11 is 0. The molecule has 1 N–H and O–H groups in total. The molecule has 1 unspecified atom stereocenters. The highest BCUT2D eigenvalue weighted by Gasteiger charge is 2.29. The van der Waals surface area contributed by atoms with Gasteiger partial charge in [0, 0.05) is 26.7 Å². The summed E-state index contributed by atoms with van der Waals surface area (Å²) in [5.41, 5.74) is -0.0149. The van der Waals surface area contributed by atoms with E-state index < -0.39 is 17.0 Å².